The van der Waals surface area contributed by atoms with Crippen molar-refractivity contribution in [3.63, 3.8) is 0 Å². The molecular weight excluding hydrogens is 261 g/mol. The summed E-state index contributed by atoms with van der Waals surface area (Å²) in [6.45, 7) is 3.46. The quantitative estimate of drug-likeness (QED) is 0.863. The minimum atomic E-state index is -0.420. The third-order valence-electron chi connectivity index (χ3n) is 3.76. The van der Waals surface area contributed by atoms with E-state index >= 15 is 0 Å². The lowest BCUT2D eigenvalue weighted by atomic mass is 10.0. The molecule has 1 aliphatic heterocycles. The van der Waals surface area contributed by atoms with Crippen LogP contribution in [0.25, 0.3) is 11.4 Å². The molecule has 7 heteroatoms. The van der Waals surface area contributed by atoms with E-state index in [9.17, 15) is 4.39 Å². The molecule has 6 nitrogen and oxygen atoms in total. The van der Waals surface area contributed by atoms with Crippen molar-refractivity contribution >= 4 is 5.69 Å². The van der Waals surface area contributed by atoms with Crippen LogP contribution in [-0.4, -0.2) is 33.4 Å². The van der Waals surface area contributed by atoms with Gasteiger partial charge >= 0.3 is 0 Å². The summed E-state index contributed by atoms with van der Waals surface area (Å²) in [4.78, 5) is 0. The summed E-state index contributed by atoms with van der Waals surface area (Å²) in [5.74, 6) is 0.340. The number of rotatable bonds is 3. The Kier molecular flexibility index (Phi) is 3.35. The molecule has 0 amide bonds. The first-order valence-electron chi connectivity index (χ1n) is 6.58. The van der Waals surface area contributed by atoms with Crippen LogP contribution in [0, 0.1) is 11.7 Å². The fourth-order valence-corrected chi connectivity index (χ4v) is 2.49. The monoisotopic (exact) mass is 277 g/mol. The highest BCUT2D eigenvalue weighted by Gasteiger charge is 2.27. The standard InChI is InChI=1S/C13H16FN5O/c1-8(9-4-5-20-7-9)19-13(16-17-18-19)11-3-2-10(15)6-12(11)14/h2-3,6,8-9H,4-5,7,15H2,1H3. The Bertz CT molecular complexity index is 609. The minimum Gasteiger partial charge on any atom is -0.399 e. The van der Waals surface area contributed by atoms with Gasteiger partial charge in [-0.25, -0.2) is 9.07 Å². The van der Waals surface area contributed by atoms with Crippen LogP contribution in [0.3, 0.4) is 0 Å². The van der Waals surface area contributed by atoms with E-state index in [1.807, 2.05) is 6.92 Å². The smallest absolute Gasteiger partial charge is 0.185 e. The Morgan fingerprint density at radius 1 is 1.50 bits per heavy atom. The number of hydrogen-bond donors (Lipinski definition) is 1. The topological polar surface area (TPSA) is 78.8 Å². The van der Waals surface area contributed by atoms with Gasteiger partial charge in [-0.05, 0) is 42.0 Å². The van der Waals surface area contributed by atoms with E-state index in [0.717, 1.165) is 13.0 Å². The van der Waals surface area contributed by atoms with Crippen LogP contribution in [-0.2, 0) is 4.74 Å². The molecule has 0 aliphatic carbocycles. The molecule has 2 heterocycles. The van der Waals surface area contributed by atoms with Crippen LogP contribution in [0.15, 0.2) is 18.2 Å². The zero-order valence-corrected chi connectivity index (χ0v) is 11.2. The van der Waals surface area contributed by atoms with E-state index < -0.39 is 5.82 Å². The normalized spacial score (nSPS) is 20.2. The van der Waals surface area contributed by atoms with Crippen LogP contribution in [0.2, 0.25) is 0 Å². The van der Waals surface area contributed by atoms with Gasteiger partial charge in [0.05, 0.1) is 18.2 Å². The number of tetrazole rings is 1. The molecule has 0 saturated carbocycles. The van der Waals surface area contributed by atoms with Gasteiger partial charge in [0, 0.05) is 18.2 Å². The van der Waals surface area contributed by atoms with Gasteiger partial charge in [0.25, 0.3) is 0 Å². The second kappa shape index (κ2) is 5.16. The second-order valence-corrected chi connectivity index (χ2v) is 5.05. The van der Waals surface area contributed by atoms with E-state index in [4.69, 9.17) is 10.5 Å². The predicted octanol–water partition coefficient (Wildman–Crippen LogP) is 1.66. The van der Waals surface area contributed by atoms with Crippen molar-refractivity contribution in [2.24, 2.45) is 5.92 Å². The minimum absolute atomic E-state index is 0.0550. The van der Waals surface area contributed by atoms with E-state index in [1.54, 1.807) is 16.8 Å². The average Bonchev–Trinajstić information content (AvgIpc) is 3.09. The highest BCUT2D eigenvalue weighted by molar-refractivity contribution is 5.59. The van der Waals surface area contributed by atoms with Crippen LogP contribution < -0.4 is 5.73 Å². The Morgan fingerprint density at radius 2 is 2.35 bits per heavy atom. The third kappa shape index (κ3) is 2.24. The molecule has 0 bridgehead atoms. The van der Waals surface area contributed by atoms with Gasteiger partial charge in [0.2, 0.25) is 0 Å². The summed E-state index contributed by atoms with van der Waals surface area (Å²) >= 11 is 0. The largest absolute Gasteiger partial charge is 0.399 e. The zero-order chi connectivity index (χ0) is 14.1. The van der Waals surface area contributed by atoms with E-state index in [1.165, 1.54) is 6.07 Å². The fourth-order valence-electron chi connectivity index (χ4n) is 2.49. The van der Waals surface area contributed by atoms with Crippen molar-refractivity contribution in [3.05, 3.63) is 24.0 Å². The summed E-state index contributed by atoms with van der Waals surface area (Å²) in [7, 11) is 0. The number of anilines is 1. The van der Waals surface area contributed by atoms with Crippen molar-refractivity contribution in [1.29, 1.82) is 0 Å². The van der Waals surface area contributed by atoms with Crippen LogP contribution in [0.4, 0.5) is 10.1 Å². The van der Waals surface area contributed by atoms with Crippen molar-refractivity contribution in [1.82, 2.24) is 20.2 Å². The maximum absolute atomic E-state index is 14.0. The molecule has 1 aliphatic rings. The van der Waals surface area contributed by atoms with Gasteiger partial charge in [0.1, 0.15) is 5.82 Å². The molecule has 106 valence electrons. The molecule has 0 spiro atoms. The van der Waals surface area contributed by atoms with Gasteiger partial charge in [-0.15, -0.1) is 5.10 Å². The van der Waals surface area contributed by atoms with Crippen molar-refractivity contribution < 1.29 is 9.13 Å². The number of ether oxygens (including phenoxy) is 1. The Labute approximate surface area is 115 Å². The van der Waals surface area contributed by atoms with Crippen molar-refractivity contribution in [3.8, 4) is 11.4 Å². The summed E-state index contributed by atoms with van der Waals surface area (Å²) < 4.78 is 21.1. The number of benzene rings is 1. The van der Waals surface area contributed by atoms with Gasteiger partial charge in [0.15, 0.2) is 5.82 Å². The molecule has 1 saturated heterocycles. The van der Waals surface area contributed by atoms with Crippen molar-refractivity contribution in [2.45, 2.75) is 19.4 Å². The predicted molar refractivity (Wildman–Crippen MR) is 71.3 cm³/mol. The molecule has 1 aromatic carbocycles. The maximum Gasteiger partial charge on any atom is 0.185 e. The van der Waals surface area contributed by atoms with Crippen LogP contribution in [0.1, 0.15) is 19.4 Å². The Morgan fingerprint density at radius 3 is 3.05 bits per heavy atom. The van der Waals surface area contributed by atoms with Crippen LogP contribution in [0.5, 0.6) is 0 Å². The van der Waals surface area contributed by atoms with E-state index in [2.05, 4.69) is 15.5 Å². The Balaban J connectivity index is 1.97. The summed E-state index contributed by atoms with van der Waals surface area (Å²) in [6.07, 6.45) is 0.963. The Hall–Kier alpha value is -2.02. The lowest BCUT2D eigenvalue weighted by Crippen LogP contribution is -2.19. The first-order valence-corrected chi connectivity index (χ1v) is 6.58. The number of hydrogen-bond acceptors (Lipinski definition) is 5. The number of nitrogens with zero attached hydrogens (tertiary/aromatic N) is 4. The molecule has 1 fully saturated rings. The molecule has 2 unspecified atom stereocenters. The van der Waals surface area contributed by atoms with Gasteiger partial charge in [-0.2, -0.15) is 0 Å². The molecule has 3 rings (SSSR count). The van der Waals surface area contributed by atoms with Crippen molar-refractivity contribution in [2.75, 3.05) is 18.9 Å². The number of nitrogen functional groups attached to an aromatic ring is 1. The molecule has 2 N–H and O–H groups in total. The number of halogens is 1. The second-order valence-electron chi connectivity index (χ2n) is 5.05. The number of aromatic nitrogens is 4. The highest BCUT2D eigenvalue weighted by Crippen LogP contribution is 2.30. The van der Waals surface area contributed by atoms with Gasteiger partial charge in [-0.3, -0.25) is 0 Å². The molecular formula is C13H16FN5O. The van der Waals surface area contributed by atoms with Gasteiger partial charge in [-0.1, -0.05) is 0 Å². The molecule has 0 radical (unpaired) electrons. The third-order valence-corrected chi connectivity index (χ3v) is 3.76. The van der Waals surface area contributed by atoms with E-state index in [-0.39, 0.29) is 6.04 Å². The number of nitrogens with two attached hydrogens (primary N) is 1. The summed E-state index contributed by atoms with van der Waals surface area (Å²) in [5.41, 5.74) is 6.30. The molecule has 1 aromatic heterocycles. The van der Waals surface area contributed by atoms with Gasteiger partial charge < -0.3 is 10.5 Å². The zero-order valence-electron chi connectivity index (χ0n) is 11.2. The average molecular weight is 277 g/mol. The van der Waals surface area contributed by atoms with E-state index in [0.29, 0.717) is 29.6 Å². The first-order chi connectivity index (χ1) is 9.66. The van der Waals surface area contributed by atoms with Crippen LogP contribution >= 0.6 is 0 Å². The fraction of sp³-hybridized carbons (Fsp3) is 0.462. The lowest BCUT2D eigenvalue weighted by Gasteiger charge is -2.18. The maximum atomic E-state index is 14.0. The summed E-state index contributed by atoms with van der Waals surface area (Å²) in [5, 5.41) is 11.6. The molecule has 2 atom stereocenters. The SMILES string of the molecule is CC(C1CCOC1)n1nnnc1-c1ccc(N)cc1F. The summed E-state index contributed by atoms with van der Waals surface area (Å²) in [6, 6.07) is 4.57. The molecule has 2 aromatic rings. The first kappa shape index (κ1) is 13.0. The highest BCUT2D eigenvalue weighted by atomic mass is 19.1. The molecule has 20 heavy (non-hydrogen) atoms. The lowest BCUT2D eigenvalue weighted by molar-refractivity contribution is 0.173.